The Balaban J connectivity index is 1.06. The van der Waals surface area contributed by atoms with Crippen LogP contribution in [0.5, 0.6) is 0 Å². The Kier molecular flexibility index (Phi) is 7.14. The highest BCUT2D eigenvalue weighted by molar-refractivity contribution is 6.25. The summed E-state index contributed by atoms with van der Waals surface area (Å²) in [5.74, 6) is 0.694. The second-order valence-corrected chi connectivity index (χ2v) is 13.3. The minimum absolute atomic E-state index is 0.694. The molecule has 0 radical (unpaired) electrons. The first kappa shape index (κ1) is 29.9. The van der Waals surface area contributed by atoms with Gasteiger partial charge in [-0.2, -0.15) is 0 Å². The van der Waals surface area contributed by atoms with Crippen molar-refractivity contribution in [3.05, 3.63) is 188 Å². The molecule has 0 saturated carbocycles. The number of nitrogens with zero attached hydrogens (tertiary/aromatic N) is 3. The van der Waals surface area contributed by atoms with Crippen LogP contribution < -0.4 is 0 Å². The minimum atomic E-state index is 0.694. The molecule has 0 aliphatic rings. The SMILES string of the molecule is c1ccc(-c2ccc(-c3nc(-c4ccc(-c5cccnc5)cc4)cc(-c4ccc(-c5ccc6ccc7cccc8ccc5c6c78)cc4)n3)cc2)cc1. The van der Waals surface area contributed by atoms with Crippen LogP contribution in [-0.4, -0.2) is 15.0 Å². The summed E-state index contributed by atoms with van der Waals surface area (Å²) in [4.78, 5) is 14.6. The van der Waals surface area contributed by atoms with Crippen molar-refractivity contribution < 1.29 is 0 Å². The van der Waals surface area contributed by atoms with E-state index in [0.29, 0.717) is 5.82 Å². The van der Waals surface area contributed by atoms with Crippen molar-refractivity contribution in [3.8, 4) is 67.3 Å². The summed E-state index contributed by atoms with van der Waals surface area (Å²) < 4.78 is 0. The van der Waals surface area contributed by atoms with Gasteiger partial charge in [-0.1, -0.05) is 164 Å². The van der Waals surface area contributed by atoms with Gasteiger partial charge in [0.05, 0.1) is 11.4 Å². The van der Waals surface area contributed by atoms with Gasteiger partial charge in [0.2, 0.25) is 0 Å². The van der Waals surface area contributed by atoms with Crippen molar-refractivity contribution in [1.82, 2.24) is 15.0 Å². The Labute approximate surface area is 301 Å². The highest BCUT2D eigenvalue weighted by Crippen LogP contribution is 2.40. The van der Waals surface area contributed by atoms with Crippen LogP contribution in [0.1, 0.15) is 0 Å². The maximum absolute atomic E-state index is 5.16. The molecule has 3 nitrogen and oxygen atoms in total. The van der Waals surface area contributed by atoms with Crippen molar-refractivity contribution in [1.29, 1.82) is 0 Å². The zero-order valence-corrected chi connectivity index (χ0v) is 28.2. The second-order valence-electron chi connectivity index (χ2n) is 13.3. The lowest BCUT2D eigenvalue weighted by molar-refractivity contribution is 1.18. The third-order valence-corrected chi connectivity index (χ3v) is 10.2. The third-order valence-electron chi connectivity index (χ3n) is 10.2. The van der Waals surface area contributed by atoms with Crippen molar-refractivity contribution in [2.45, 2.75) is 0 Å². The fourth-order valence-corrected chi connectivity index (χ4v) is 7.49. The summed E-state index contributed by atoms with van der Waals surface area (Å²) in [6.45, 7) is 0. The highest BCUT2D eigenvalue weighted by Gasteiger charge is 2.14. The number of hydrogen-bond acceptors (Lipinski definition) is 3. The van der Waals surface area contributed by atoms with Gasteiger partial charge in [-0.3, -0.25) is 4.98 Å². The van der Waals surface area contributed by atoms with E-state index in [4.69, 9.17) is 9.97 Å². The Morgan fingerprint density at radius 2 is 0.846 bits per heavy atom. The third kappa shape index (κ3) is 5.28. The first-order valence-corrected chi connectivity index (χ1v) is 17.6. The van der Waals surface area contributed by atoms with Crippen LogP contribution in [0.2, 0.25) is 0 Å². The van der Waals surface area contributed by atoms with Gasteiger partial charge in [-0.15, -0.1) is 0 Å². The number of benzene rings is 8. The van der Waals surface area contributed by atoms with E-state index in [2.05, 4.69) is 169 Å². The molecule has 0 aliphatic carbocycles. The topological polar surface area (TPSA) is 38.7 Å². The molecule has 3 heteroatoms. The highest BCUT2D eigenvalue weighted by atomic mass is 14.9. The summed E-state index contributed by atoms with van der Waals surface area (Å²) in [5.41, 5.74) is 11.8. The van der Waals surface area contributed by atoms with Gasteiger partial charge in [0, 0.05) is 29.1 Å². The van der Waals surface area contributed by atoms with Gasteiger partial charge in [0.15, 0.2) is 5.82 Å². The molecule has 0 unspecified atom stereocenters. The van der Waals surface area contributed by atoms with E-state index < -0.39 is 0 Å². The lowest BCUT2D eigenvalue weighted by Crippen LogP contribution is -1.96. The molecule has 2 heterocycles. The zero-order chi connectivity index (χ0) is 34.4. The monoisotopic (exact) mass is 661 g/mol. The standard InChI is InChI=1S/C49H31N3/c1-2-6-32(7-3-1)33-13-23-41(24-14-33)49-51-45(36-17-11-34(12-18-36)42-10-5-29-50-31-42)30-46(52-49)37-19-15-35(16-20-37)43-27-25-40-22-21-38-8-4-9-39-26-28-44(43)48(40)47(38)39/h1-31H. The van der Waals surface area contributed by atoms with Crippen molar-refractivity contribution >= 4 is 32.3 Å². The van der Waals surface area contributed by atoms with E-state index in [-0.39, 0.29) is 0 Å². The molecule has 8 aromatic carbocycles. The van der Waals surface area contributed by atoms with Gasteiger partial charge in [-0.05, 0) is 77.8 Å². The van der Waals surface area contributed by atoms with E-state index in [1.165, 1.54) is 49.0 Å². The molecular weight excluding hydrogens is 631 g/mol. The fraction of sp³-hybridized carbons (Fsp3) is 0. The van der Waals surface area contributed by atoms with E-state index in [0.717, 1.165) is 44.8 Å². The van der Waals surface area contributed by atoms with Crippen LogP contribution >= 0.6 is 0 Å². The van der Waals surface area contributed by atoms with Crippen molar-refractivity contribution in [2.75, 3.05) is 0 Å². The van der Waals surface area contributed by atoms with Crippen LogP contribution in [0.3, 0.4) is 0 Å². The molecule has 10 rings (SSSR count). The van der Waals surface area contributed by atoms with Crippen molar-refractivity contribution in [2.24, 2.45) is 0 Å². The van der Waals surface area contributed by atoms with Crippen LogP contribution in [-0.2, 0) is 0 Å². The predicted octanol–water partition coefficient (Wildman–Crippen LogP) is 12.8. The summed E-state index contributed by atoms with van der Waals surface area (Å²) >= 11 is 0. The van der Waals surface area contributed by atoms with Gasteiger partial charge >= 0.3 is 0 Å². The summed E-state index contributed by atoms with van der Waals surface area (Å²) in [6, 6.07) is 62.5. The molecule has 10 aromatic rings. The van der Waals surface area contributed by atoms with Gasteiger partial charge in [0.1, 0.15) is 0 Å². The first-order chi connectivity index (χ1) is 25.7. The largest absolute Gasteiger partial charge is 0.264 e. The smallest absolute Gasteiger partial charge is 0.160 e. The van der Waals surface area contributed by atoms with E-state index in [1.54, 1.807) is 6.20 Å². The van der Waals surface area contributed by atoms with Crippen LogP contribution in [0.25, 0.3) is 99.6 Å². The molecule has 0 fully saturated rings. The summed E-state index contributed by atoms with van der Waals surface area (Å²) in [5, 5.41) is 7.76. The van der Waals surface area contributed by atoms with E-state index >= 15 is 0 Å². The van der Waals surface area contributed by atoms with Gasteiger partial charge in [0.25, 0.3) is 0 Å². The number of aromatic nitrogens is 3. The molecule has 0 N–H and O–H groups in total. The molecular formula is C49H31N3. The first-order valence-electron chi connectivity index (χ1n) is 17.6. The van der Waals surface area contributed by atoms with Gasteiger partial charge in [-0.25, -0.2) is 9.97 Å². The Bertz CT molecular complexity index is 2730. The lowest BCUT2D eigenvalue weighted by Gasteiger charge is -2.14. The molecule has 0 bridgehead atoms. The molecule has 242 valence electrons. The maximum Gasteiger partial charge on any atom is 0.160 e. The Morgan fingerprint density at radius 3 is 1.50 bits per heavy atom. The summed E-state index contributed by atoms with van der Waals surface area (Å²) in [7, 11) is 0. The molecule has 52 heavy (non-hydrogen) atoms. The predicted molar refractivity (Wildman–Crippen MR) is 216 cm³/mol. The molecule has 0 spiro atoms. The Hall–Kier alpha value is -6.97. The quantitative estimate of drug-likeness (QED) is 0.166. The maximum atomic E-state index is 5.16. The second kappa shape index (κ2) is 12.4. The zero-order valence-electron chi connectivity index (χ0n) is 28.2. The molecule has 2 aromatic heterocycles. The lowest BCUT2D eigenvalue weighted by atomic mass is 9.89. The fourth-order valence-electron chi connectivity index (χ4n) is 7.49. The van der Waals surface area contributed by atoms with E-state index in [1.807, 2.05) is 18.3 Å². The minimum Gasteiger partial charge on any atom is -0.264 e. The Morgan fingerprint density at radius 1 is 0.327 bits per heavy atom. The molecule has 0 atom stereocenters. The number of rotatable bonds is 6. The average Bonchev–Trinajstić information content (AvgIpc) is 3.23. The van der Waals surface area contributed by atoms with E-state index in [9.17, 15) is 0 Å². The number of pyridine rings is 1. The van der Waals surface area contributed by atoms with Crippen LogP contribution in [0, 0.1) is 0 Å². The van der Waals surface area contributed by atoms with Crippen molar-refractivity contribution in [3.63, 3.8) is 0 Å². The van der Waals surface area contributed by atoms with Gasteiger partial charge < -0.3 is 0 Å². The number of hydrogen-bond donors (Lipinski definition) is 0. The molecule has 0 aliphatic heterocycles. The molecule has 0 saturated heterocycles. The molecule has 0 amide bonds. The van der Waals surface area contributed by atoms with Crippen LogP contribution in [0.4, 0.5) is 0 Å². The summed E-state index contributed by atoms with van der Waals surface area (Å²) in [6.07, 6.45) is 3.69. The normalized spacial score (nSPS) is 11.5. The average molecular weight is 662 g/mol. The van der Waals surface area contributed by atoms with Crippen LogP contribution in [0.15, 0.2) is 188 Å².